The summed E-state index contributed by atoms with van der Waals surface area (Å²) in [6.07, 6.45) is 4.56. The minimum absolute atomic E-state index is 0.196. The monoisotopic (exact) mass is 563 g/mol. The lowest BCUT2D eigenvalue weighted by molar-refractivity contribution is -0.111. The van der Waals surface area contributed by atoms with Crippen LogP contribution in [0.5, 0.6) is 17.2 Å². The highest BCUT2D eigenvalue weighted by Crippen LogP contribution is 2.37. The molecule has 0 unspecified atom stereocenters. The van der Waals surface area contributed by atoms with E-state index in [1.54, 1.807) is 44.2 Å². The fourth-order valence-electron chi connectivity index (χ4n) is 4.01. The minimum atomic E-state index is -1.35. The molecular formula is C30H31F2N5O4. The van der Waals surface area contributed by atoms with E-state index in [2.05, 4.69) is 20.6 Å². The standard InChI is InChI=1S/C30H31F2N5O4/c1-30(2,39)20-14-18(41-25-9-6-8-21(31)28(25)32)11-12-22(20)36-29-19-15-24(35-27(38)10-7-13-37(3)4)26(40-5)16-23(19)33-17-34-29/h6-12,14-17,39H,13H2,1-5H3,(H,35,38)(H,33,34,36)/b10-7+. The summed E-state index contributed by atoms with van der Waals surface area (Å²) < 4.78 is 38.9. The van der Waals surface area contributed by atoms with Crippen molar-refractivity contribution in [2.45, 2.75) is 19.4 Å². The number of aromatic nitrogens is 2. The molecule has 41 heavy (non-hydrogen) atoms. The van der Waals surface area contributed by atoms with Gasteiger partial charge in [-0.2, -0.15) is 4.39 Å². The summed E-state index contributed by atoms with van der Waals surface area (Å²) in [5, 5.41) is 17.6. The number of halogens is 2. The first-order valence-electron chi connectivity index (χ1n) is 12.7. The second kappa shape index (κ2) is 12.3. The quantitative estimate of drug-likeness (QED) is 0.210. The molecule has 1 heterocycles. The maximum absolute atomic E-state index is 14.2. The lowest BCUT2D eigenvalue weighted by atomic mass is 9.96. The molecule has 4 aromatic rings. The summed E-state index contributed by atoms with van der Waals surface area (Å²) in [7, 11) is 5.29. The zero-order chi connectivity index (χ0) is 29.7. The number of amides is 1. The second-order valence-corrected chi connectivity index (χ2v) is 9.99. The summed E-state index contributed by atoms with van der Waals surface area (Å²) >= 11 is 0. The molecule has 9 nitrogen and oxygen atoms in total. The molecular weight excluding hydrogens is 532 g/mol. The van der Waals surface area contributed by atoms with Crippen molar-refractivity contribution in [3.05, 3.63) is 84.2 Å². The summed E-state index contributed by atoms with van der Waals surface area (Å²) in [4.78, 5) is 23.2. The minimum Gasteiger partial charge on any atom is -0.494 e. The number of carbonyl (C=O) groups excluding carboxylic acids is 1. The third kappa shape index (κ3) is 7.13. The molecule has 0 radical (unpaired) electrons. The van der Waals surface area contributed by atoms with Crippen molar-refractivity contribution < 1.29 is 28.2 Å². The highest BCUT2D eigenvalue weighted by atomic mass is 19.2. The van der Waals surface area contributed by atoms with Crippen LogP contribution >= 0.6 is 0 Å². The van der Waals surface area contributed by atoms with Gasteiger partial charge in [0, 0.05) is 35.3 Å². The molecule has 0 fully saturated rings. The molecule has 3 aromatic carbocycles. The first-order chi connectivity index (χ1) is 19.5. The van der Waals surface area contributed by atoms with Gasteiger partial charge in [0.05, 0.1) is 23.9 Å². The molecule has 0 saturated heterocycles. The number of hydrogen-bond acceptors (Lipinski definition) is 8. The number of benzene rings is 3. The van der Waals surface area contributed by atoms with E-state index in [9.17, 15) is 18.7 Å². The Labute approximate surface area is 236 Å². The maximum Gasteiger partial charge on any atom is 0.248 e. The van der Waals surface area contributed by atoms with E-state index in [1.165, 1.54) is 37.7 Å². The van der Waals surface area contributed by atoms with Crippen LogP contribution in [0.15, 0.2) is 67.0 Å². The summed E-state index contributed by atoms with van der Waals surface area (Å²) in [5.74, 6) is -1.75. The van der Waals surface area contributed by atoms with E-state index < -0.39 is 17.2 Å². The van der Waals surface area contributed by atoms with Crippen molar-refractivity contribution in [1.29, 1.82) is 0 Å². The first-order valence-corrected chi connectivity index (χ1v) is 12.7. The maximum atomic E-state index is 14.2. The van der Waals surface area contributed by atoms with Gasteiger partial charge in [-0.15, -0.1) is 0 Å². The van der Waals surface area contributed by atoms with Crippen LogP contribution in [-0.4, -0.2) is 53.6 Å². The molecule has 0 atom stereocenters. The van der Waals surface area contributed by atoms with Gasteiger partial charge in [0.2, 0.25) is 11.7 Å². The van der Waals surface area contributed by atoms with E-state index in [0.29, 0.717) is 46.0 Å². The fraction of sp³-hybridized carbons (Fsp3) is 0.233. The van der Waals surface area contributed by atoms with Gasteiger partial charge < -0.3 is 30.1 Å². The largest absolute Gasteiger partial charge is 0.494 e. The Kier molecular flexibility index (Phi) is 8.80. The average molecular weight is 564 g/mol. The van der Waals surface area contributed by atoms with Gasteiger partial charge >= 0.3 is 0 Å². The van der Waals surface area contributed by atoms with E-state index in [0.717, 1.165) is 6.07 Å². The van der Waals surface area contributed by atoms with Gasteiger partial charge in [0.1, 0.15) is 23.6 Å². The molecule has 0 aliphatic rings. The van der Waals surface area contributed by atoms with Crippen molar-refractivity contribution in [3.8, 4) is 17.2 Å². The van der Waals surface area contributed by atoms with E-state index in [1.807, 2.05) is 19.0 Å². The number of fused-ring (bicyclic) bond motifs is 1. The van der Waals surface area contributed by atoms with Gasteiger partial charge in [0.25, 0.3) is 0 Å². The number of hydrogen-bond donors (Lipinski definition) is 3. The Morgan fingerprint density at radius 2 is 1.85 bits per heavy atom. The van der Waals surface area contributed by atoms with Gasteiger partial charge in [0.15, 0.2) is 11.6 Å². The fourth-order valence-corrected chi connectivity index (χ4v) is 4.01. The zero-order valence-corrected chi connectivity index (χ0v) is 23.3. The predicted octanol–water partition coefficient (Wildman–Crippen LogP) is 5.74. The number of anilines is 3. The Morgan fingerprint density at radius 1 is 1.07 bits per heavy atom. The van der Waals surface area contributed by atoms with E-state index in [-0.39, 0.29) is 17.4 Å². The lowest BCUT2D eigenvalue weighted by Gasteiger charge is -2.23. The molecule has 0 spiro atoms. The molecule has 11 heteroatoms. The smallest absolute Gasteiger partial charge is 0.248 e. The van der Waals surface area contributed by atoms with Crippen LogP contribution in [0.2, 0.25) is 0 Å². The van der Waals surface area contributed by atoms with Crippen LogP contribution in [0.1, 0.15) is 19.4 Å². The highest BCUT2D eigenvalue weighted by Gasteiger charge is 2.23. The number of rotatable bonds is 10. The van der Waals surface area contributed by atoms with Crippen LogP contribution in [0.3, 0.4) is 0 Å². The van der Waals surface area contributed by atoms with Gasteiger partial charge in [-0.25, -0.2) is 14.4 Å². The molecule has 0 bridgehead atoms. The zero-order valence-electron chi connectivity index (χ0n) is 23.3. The van der Waals surface area contributed by atoms with Crippen LogP contribution in [0.25, 0.3) is 10.9 Å². The molecule has 3 N–H and O–H groups in total. The highest BCUT2D eigenvalue weighted by molar-refractivity contribution is 6.03. The van der Waals surface area contributed by atoms with Crippen molar-refractivity contribution >= 4 is 34.0 Å². The predicted molar refractivity (Wildman–Crippen MR) is 154 cm³/mol. The summed E-state index contributed by atoms with van der Waals surface area (Å²) in [6.45, 7) is 3.77. The Balaban J connectivity index is 1.69. The number of methoxy groups -OCH3 is 1. The van der Waals surface area contributed by atoms with Crippen molar-refractivity contribution in [1.82, 2.24) is 14.9 Å². The molecule has 1 aromatic heterocycles. The number of aliphatic hydroxyl groups is 1. The Morgan fingerprint density at radius 3 is 2.56 bits per heavy atom. The van der Waals surface area contributed by atoms with Crippen molar-refractivity contribution in [2.24, 2.45) is 0 Å². The molecule has 0 aliphatic heterocycles. The molecule has 4 rings (SSSR count). The molecule has 0 aliphatic carbocycles. The SMILES string of the molecule is COc1cc2ncnc(Nc3ccc(Oc4cccc(F)c4F)cc3C(C)(C)O)c2cc1NC(=O)/C=C/CN(C)C. The van der Waals surface area contributed by atoms with Crippen LogP contribution in [0.4, 0.5) is 26.0 Å². The molecule has 1 amide bonds. The van der Waals surface area contributed by atoms with Gasteiger partial charge in [-0.3, -0.25) is 4.79 Å². The number of likely N-dealkylation sites (N-methyl/N-ethyl adjacent to an activating group) is 1. The summed E-state index contributed by atoms with van der Waals surface area (Å²) in [5.41, 5.74) is 0.503. The van der Waals surface area contributed by atoms with Crippen LogP contribution < -0.4 is 20.1 Å². The number of ether oxygens (including phenoxy) is 2. The Bertz CT molecular complexity index is 1600. The normalized spacial score (nSPS) is 11.7. The third-order valence-electron chi connectivity index (χ3n) is 6.00. The number of nitrogens with zero attached hydrogens (tertiary/aromatic N) is 3. The van der Waals surface area contributed by atoms with E-state index >= 15 is 0 Å². The molecule has 214 valence electrons. The van der Waals surface area contributed by atoms with E-state index in [4.69, 9.17) is 9.47 Å². The Hall–Kier alpha value is -4.61. The first kappa shape index (κ1) is 29.4. The average Bonchev–Trinajstić information content (AvgIpc) is 2.91. The molecule has 0 saturated carbocycles. The number of carbonyl (C=O) groups is 1. The topological polar surface area (TPSA) is 109 Å². The van der Waals surface area contributed by atoms with Crippen molar-refractivity contribution in [2.75, 3.05) is 38.4 Å². The van der Waals surface area contributed by atoms with Crippen LogP contribution in [-0.2, 0) is 10.4 Å². The second-order valence-electron chi connectivity index (χ2n) is 9.99. The van der Waals surface area contributed by atoms with Crippen LogP contribution in [0, 0.1) is 11.6 Å². The lowest BCUT2D eigenvalue weighted by Crippen LogP contribution is -2.18. The summed E-state index contributed by atoms with van der Waals surface area (Å²) in [6, 6.07) is 11.7. The third-order valence-corrected chi connectivity index (χ3v) is 6.00. The van der Waals surface area contributed by atoms with Gasteiger partial charge in [-0.05, 0) is 64.3 Å². The van der Waals surface area contributed by atoms with Crippen molar-refractivity contribution in [3.63, 3.8) is 0 Å². The van der Waals surface area contributed by atoms with Gasteiger partial charge in [-0.1, -0.05) is 12.1 Å². The number of nitrogens with one attached hydrogen (secondary N) is 2.